The van der Waals surface area contributed by atoms with Crippen LogP contribution < -0.4 is 5.32 Å². The van der Waals surface area contributed by atoms with Gasteiger partial charge in [0.05, 0.1) is 6.04 Å². The van der Waals surface area contributed by atoms with Gasteiger partial charge in [-0.05, 0) is 30.0 Å². The zero-order valence-corrected chi connectivity index (χ0v) is 11.5. The second-order valence-corrected chi connectivity index (χ2v) is 5.20. The molecule has 0 bridgehead atoms. The number of carbonyl (C=O) groups excluding carboxylic acids is 1. The molecule has 0 spiro atoms. The minimum Gasteiger partial charge on any atom is -0.346 e. The average molecular weight is 263 g/mol. The van der Waals surface area contributed by atoms with Crippen molar-refractivity contribution in [2.45, 2.75) is 19.4 Å². The SMILES string of the molecule is CC1=CC(Cc2ccc(-c3ccccc3)cc2)NC1=O. The maximum absolute atomic E-state index is 11.4. The smallest absolute Gasteiger partial charge is 0.247 e. The number of rotatable bonds is 3. The first-order valence-electron chi connectivity index (χ1n) is 6.86. The molecule has 0 saturated carbocycles. The van der Waals surface area contributed by atoms with E-state index >= 15 is 0 Å². The maximum Gasteiger partial charge on any atom is 0.247 e. The predicted octanol–water partition coefficient (Wildman–Crippen LogP) is 3.34. The van der Waals surface area contributed by atoms with Crippen LogP contribution in [0.2, 0.25) is 0 Å². The van der Waals surface area contributed by atoms with Gasteiger partial charge < -0.3 is 5.32 Å². The van der Waals surface area contributed by atoms with Crippen molar-refractivity contribution in [2.24, 2.45) is 0 Å². The lowest BCUT2D eigenvalue weighted by Crippen LogP contribution is -2.28. The fraction of sp³-hybridized carbons (Fsp3) is 0.167. The Bertz CT molecular complexity index is 641. The highest BCUT2D eigenvalue weighted by molar-refractivity contribution is 5.95. The van der Waals surface area contributed by atoms with Gasteiger partial charge in [0, 0.05) is 5.57 Å². The molecule has 0 radical (unpaired) electrons. The zero-order valence-electron chi connectivity index (χ0n) is 11.5. The molecule has 20 heavy (non-hydrogen) atoms. The molecule has 1 amide bonds. The quantitative estimate of drug-likeness (QED) is 0.904. The normalized spacial score (nSPS) is 17.8. The minimum absolute atomic E-state index is 0.0518. The summed E-state index contributed by atoms with van der Waals surface area (Å²) in [5.41, 5.74) is 4.50. The Morgan fingerprint density at radius 1 is 0.950 bits per heavy atom. The van der Waals surface area contributed by atoms with Crippen molar-refractivity contribution in [1.29, 1.82) is 0 Å². The first kappa shape index (κ1) is 12.7. The molecule has 2 aromatic rings. The second-order valence-electron chi connectivity index (χ2n) is 5.20. The van der Waals surface area contributed by atoms with E-state index in [2.05, 4.69) is 41.7 Å². The average Bonchev–Trinajstić information content (AvgIpc) is 2.79. The Morgan fingerprint density at radius 2 is 1.60 bits per heavy atom. The Morgan fingerprint density at radius 3 is 2.20 bits per heavy atom. The van der Waals surface area contributed by atoms with Crippen molar-refractivity contribution in [2.75, 3.05) is 0 Å². The third-order valence-corrected chi connectivity index (χ3v) is 3.64. The monoisotopic (exact) mass is 263 g/mol. The largest absolute Gasteiger partial charge is 0.346 e. The van der Waals surface area contributed by atoms with E-state index in [-0.39, 0.29) is 11.9 Å². The lowest BCUT2D eigenvalue weighted by molar-refractivity contribution is -0.117. The van der Waals surface area contributed by atoms with Gasteiger partial charge in [0.1, 0.15) is 0 Å². The summed E-state index contributed by atoms with van der Waals surface area (Å²) >= 11 is 0. The van der Waals surface area contributed by atoms with E-state index in [1.54, 1.807) is 0 Å². The number of amides is 1. The molecule has 1 N–H and O–H groups in total. The van der Waals surface area contributed by atoms with Crippen LogP contribution >= 0.6 is 0 Å². The Kier molecular flexibility index (Phi) is 3.38. The Hall–Kier alpha value is -2.35. The fourth-order valence-electron chi connectivity index (χ4n) is 2.53. The van der Waals surface area contributed by atoms with Crippen molar-refractivity contribution in [3.63, 3.8) is 0 Å². The van der Waals surface area contributed by atoms with Crippen LogP contribution in [-0.2, 0) is 11.2 Å². The number of benzene rings is 2. The van der Waals surface area contributed by atoms with E-state index in [0.717, 1.165) is 12.0 Å². The van der Waals surface area contributed by atoms with Crippen LogP contribution in [0.15, 0.2) is 66.2 Å². The van der Waals surface area contributed by atoms with Crippen molar-refractivity contribution >= 4 is 5.91 Å². The highest BCUT2D eigenvalue weighted by atomic mass is 16.1. The van der Waals surface area contributed by atoms with Crippen molar-refractivity contribution in [1.82, 2.24) is 5.32 Å². The van der Waals surface area contributed by atoms with Crippen LogP contribution in [0.3, 0.4) is 0 Å². The first-order chi connectivity index (χ1) is 9.72. The van der Waals surface area contributed by atoms with Crippen LogP contribution in [0.4, 0.5) is 0 Å². The lowest BCUT2D eigenvalue weighted by atomic mass is 10.0. The summed E-state index contributed by atoms with van der Waals surface area (Å²) in [7, 11) is 0. The molecular weight excluding hydrogens is 246 g/mol. The van der Waals surface area contributed by atoms with E-state index in [1.807, 2.05) is 31.2 Å². The molecule has 2 nitrogen and oxygen atoms in total. The van der Waals surface area contributed by atoms with Gasteiger partial charge in [-0.25, -0.2) is 0 Å². The van der Waals surface area contributed by atoms with Crippen molar-refractivity contribution in [3.05, 3.63) is 71.8 Å². The van der Waals surface area contributed by atoms with Crippen LogP contribution in [0.5, 0.6) is 0 Å². The zero-order chi connectivity index (χ0) is 13.9. The van der Waals surface area contributed by atoms with Gasteiger partial charge in [-0.3, -0.25) is 4.79 Å². The summed E-state index contributed by atoms with van der Waals surface area (Å²) in [4.78, 5) is 11.4. The van der Waals surface area contributed by atoms with Crippen LogP contribution in [0, 0.1) is 0 Å². The molecule has 1 aliphatic rings. The van der Waals surface area contributed by atoms with Crippen molar-refractivity contribution in [3.8, 4) is 11.1 Å². The summed E-state index contributed by atoms with van der Waals surface area (Å²) in [5, 5.41) is 2.97. The van der Waals surface area contributed by atoms with E-state index in [9.17, 15) is 4.79 Å². The van der Waals surface area contributed by atoms with E-state index in [4.69, 9.17) is 0 Å². The van der Waals surface area contributed by atoms with Crippen LogP contribution in [0.25, 0.3) is 11.1 Å². The minimum atomic E-state index is 0.0518. The highest BCUT2D eigenvalue weighted by Crippen LogP contribution is 2.20. The number of hydrogen-bond acceptors (Lipinski definition) is 1. The third kappa shape index (κ3) is 2.64. The molecule has 1 unspecified atom stereocenters. The summed E-state index contributed by atoms with van der Waals surface area (Å²) in [5.74, 6) is 0.0518. The summed E-state index contributed by atoms with van der Waals surface area (Å²) in [6.45, 7) is 1.85. The van der Waals surface area contributed by atoms with E-state index in [0.29, 0.717) is 0 Å². The van der Waals surface area contributed by atoms with Gasteiger partial charge in [-0.1, -0.05) is 60.7 Å². The number of nitrogens with one attached hydrogen (secondary N) is 1. The van der Waals surface area contributed by atoms with Gasteiger partial charge in [0.2, 0.25) is 5.91 Å². The summed E-state index contributed by atoms with van der Waals surface area (Å²) < 4.78 is 0. The fourth-order valence-corrected chi connectivity index (χ4v) is 2.53. The molecule has 0 fully saturated rings. The molecular formula is C18H17NO. The number of carbonyl (C=O) groups is 1. The second kappa shape index (κ2) is 5.33. The molecule has 2 aromatic carbocycles. The molecule has 1 atom stereocenters. The molecule has 0 saturated heterocycles. The summed E-state index contributed by atoms with van der Waals surface area (Å²) in [6.07, 6.45) is 2.85. The predicted molar refractivity (Wildman–Crippen MR) is 81.3 cm³/mol. The van der Waals surface area contributed by atoms with Gasteiger partial charge in [-0.2, -0.15) is 0 Å². The third-order valence-electron chi connectivity index (χ3n) is 3.64. The molecule has 2 heteroatoms. The molecule has 1 heterocycles. The van der Waals surface area contributed by atoms with Gasteiger partial charge in [0.15, 0.2) is 0 Å². The van der Waals surface area contributed by atoms with E-state index < -0.39 is 0 Å². The first-order valence-corrected chi connectivity index (χ1v) is 6.86. The lowest BCUT2D eigenvalue weighted by Gasteiger charge is -2.09. The molecule has 100 valence electrons. The Labute approximate surface area is 119 Å². The maximum atomic E-state index is 11.4. The van der Waals surface area contributed by atoms with Crippen molar-refractivity contribution < 1.29 is 4.79 Å². The number of hydrogen-bond donors (Lipinski definition) is 1. The van der Waals surface area contributed by atoms with E-state index in [1.165, 1.54) is 16.7 Å². The Balaban J connectivity index is 1.73. The van der Waals surface area contributed by atoms with Crippen LogP contribution in [0.1, 0.15) is 12.5 Å². The van der Waals surface area contributed by atoms with Gasteiger partial charge in [0.25, 0.3) is 0 Å². The van der Waals surface area contributed by atoms with Gasteiger partial charge in [-0.15, -0.1) is 0 Å². The molecule has 0 aliphatic carbocycles. The van der Waals surface area contributed by atoms with Gasteiger partial charge >= 0.3 is 0 Å². The molecule has 0 aromatic heterocycles. The standard InChI is InChI=1S/C18H17NO/c1-13-11-17(19-18(13)20)12-14-7-9-16(10-8-14)15-5-3-2-4-6-15/h2-11,17H,12H2,1H3,(H,19,20). The highest BCUT2D eigenvalue weighted by Gasteiger charge is 2.19. The molecule has 1 aliphatic heterocycles. The molecule has 3 rings (SSSR count). The topological polar surface area (TPSA) is 29.1 Å². The summed E-state index contributed by atoms with van der Waals surface area (Å²) in [6, 6.07) is 19.0. The van der Waals surface area contributed by atoms with Crippen LogP contribution in [-0.4, -0.2) is 11.9 Å².